The van der Waals surface area contributed by atoms with E-state index in [0.29, 0.717) is 11.0 Å². The topological polar surface area (TPSA) is 65.4 Å². The summed E-state index contributed by atoms with van der Waals surface area (Å²) in [5.74, 6) is 0. The van der Waals surface area contributed by atoms with E-state index in [-0.39, 0.29) is 5.57 Å². The van der Waals surface area contributed by atoms with E-state index in [1.807, 2.05) is 42.6 Å². The van der Waals surface area contributed by atoms with Gasteiger partial charge in [-0.05, 0) is 12.1 Å². The molecule has 2 aromatic heterocycles. The van der Waals surface area contributed by atoms with E-state index in [1.165, 1.54) is 11.3 Å². The first kappa shape index (κ1) is 14.3. The van der Waals surface area contributed by atoms with Crippen molar-refractivity contribution < 1.29 is 0 Å². The van der Waals surface area contributed by atoms with Crippen LogP contribution in [0.5, 0.6) is 0 Å². The Morgan fingerprint density at radius 3 is 2.77 bits per heavy atom. The molecular formula is C16H9ClN4S. The number of hydrogen-bond donors (Lipinski definition) is 0. The summed E-state index contributed by atoms with van der Waals surface area (Å²) in [5.41, 5.74) is 1.97. The van der Waals surface area contributed by atoms with Crippen molar-refractivity contribution in [2.24, 2.45) is 0 Å². The van der Waals surface area contributed by atoms with E-state index >= 15 is 0 Å². The average Bonchev–Trinajstić information content (AvgIpc) is 3.10. The molecule has 0 aliphatic carbocycles. The SMILES string of the molecule is N#CC(C#N)=Cc1cn(Cc2cnc(Cl)s2)c2ccccc12. The van der Waals surface area contributed by atoms with Crippen molar-refractivity contribution in [2.45, 2.75) is 6.54 Å². The van der Waals surface area contributed by atoms with E-state index in [4.69, 9.17) is 22.1 Å². The highest BCUT2D eigenvalue weighted by Gasteiger charge is 2.09. The fraction of sp³-hybridized carbons (Fsp3) is 0.0625. The third-order valence-corrected chi connectivity index (χ3v) is 4.31. The standard InChI is InChI=1S/C16H9ClN4S/c17-16-20-8-13(22-16)10-21-9-12(5-11(6-18)7-19)14-3-1-2-4-15(14)21/h1-5,8-9H,10H2. The van der Waals surface area contributed by atoms with E-state index in [9.17, 15) is 0 Å². The van der Waals surface area contributed by atoms with E-state index < -0.39 is 0 Å². The molecule has 0 amide bonds. The summed E-state index contributed by atoms with van der Waals surface area (Å²) in [4.78, 5) is 5.09. The molecular weight excluding hydrogens is 316 g/mol. The van der Waals surface area contributed by atoms with Gasteiger partial charge in [0, 0.05) is 33.7 Å². The second-order valence-electron chi connectivity index (χ2n) is 4.59. The van der Waals surface area contributed by atoms with Crippen molar-refractivity contribution in [3.63, 3.8) is 0 Å². The van der Waals surface area contributed by atoms with Crippen molar-refractivity contribution >= 4 is 39.9 Å². The van der Waals surface area contributed by atoms with Crippen molar-refractivity contribution in [1.29, 1.82) is 10.5 Å². The van der Waals surface area contributed by atoms with Crippen LogP contribution >= 0.6 is 22.9 Å². The molecule has 4 nitrogen and oxygen atoms in total. The first-order valence-corrected chi connectivity index (χ1v) is 7.60. The number of nitriles is 2. The Morgan fingerprint density at radius 2 is 2.09 bits per heavy atom. The van der Waals surface area contributed by atoms with Gasteiger partial charge in [0.2, 0.25) is 0 Å². The summed E-state index contributed by atoms with van der Waals surface area (Å²) in [6.07, 6.45) is 5.30. The Balaban J connectivity index is 2.10. The van der Waals surface area contributed by atoms with Gasteiger partial charge in [0.1, 0.15) is 17.7 Å². The van der Waals surface area contributed by atoms with Gasteiger partial charge in [-0.15, -0.1) is 11.3 Å². The smallest absolute Gasteiger partial charge is 0.183 e. The Bertz CT molecular complexity index is 937. The molecule has 6 heteroatoms. The minimum atomic E-state index is 0.0868. The van der Waals surface area contributed by atoms with Gasteiger partial charge in [-0.1, -0.05) is 29.8 Å². The molecule has 3 rings (SSSR count). The molecule has 0 aliphatic heterocycles. The first-order chi connectivity index (χ1) is 10.7. The number of allylic oxidation sites excluding steroid dienone is 1. The van der Waals surface area contributed by atoms with Crippen molar-refractivity contribution in [3.05, 3.63) is 57.1 Å². The van der Waals surface area contributed by atoms with Crippen LogP contribution in [0.15, 0.2) is 42.2 Å². The van der Waals surface area contributed by atoms with Gasteiger partial charge in [-0.25, -0.2) is 4.98 Å². The van der Waals surface area contributed by atoms with Gasteiger partial charge >= 0.3 is 0 Å². The maximum atomic E-state index is 8.94. The van der Waals surface area contributed by atoms with Crippen molar-refractivity contribution in [1.82, 2.24) is 9.55 Å². The van der Waals surface area contributed by atoms with Crippen LogP contribution in [-0.4, -0.2) is 9.55 Å². The van der Waals surface area contributed by atoms with Gasteiger partial charge in [-0.2, -0.15) is 10.5 Å². The summed E-state index contributed by atoms with van der Waals surface area (Å²) in [6, 6.07) is 11.7. The zero-order chi connectivity index (χ0) is 15.5. The van der Waals surface area contributed by atoms with Crippen LogP contribution in [0.3, 0.4) is 0 Å². The maximum absolute atomic E-state index is 8.94. The molecule has 0 atom stereocenters. The zero-order valence-electron chi connectivity index (χ0n) is 11.3. The number of thiazole rings is 1. The monoisotopic (exact) mass is 324 g/mol. The largest absolute Gasteiger partial charge is 0.342 e. The van der Waals surface area contributed by atoms with Crippen LogP contribution in [0.25, 0.3) is 17.0 Å². The quantitative estimate of drug-likeness (QED) is 0.677. The third kappa shape index (κ3) is 2.73. The summed E-state index contributed by atoms with van der Waals surface area (Å²) in [5, 5.41) is 18.9. The van der Waals surface area contributed by atoms with Crippen LogP contribution in [0, 0.1) is 22.7 Å². The summed E-state index contributed by atoms with van der Waals surface area (Å²) in [6.45, 7) is 0.646. The highest BCUT2D eigenvalue weighted by molar-refractivity contribution is 7.15. The highest BCUT2D eigenvalue weighted by Crippen LogP contribution is 2.26. The minimum Gasteiger partial charge on any atom is -0.342 e. The predicted molar refractivity (Wildman–Crippen MR) is 87.4 cm³/mol. The Morgan fingerprint density at radius 1 is 1.32 bits per heavy atom. The van der Waals surface area contributed by atoms with Gasteiger partial charge in [0.05, 0.1) is 6.54 Å². The Labute approximate surface area is 136 Å². The van der Waals surface area contributed by atoms with E-state index in [0.717, 1.165) is 21.3 Å². The van der Waals surface area contributed by atoms with Gasteiger partial charge in [0.15, 0.2) is 4.47 Å². The fourth-order valence-corrected chi connectivity index (χ4v) is 3.27. The molecule has 0 radical (unpaired) electrons. The molecule has 2 heterocycles. The molecule has 3 aromatic rings. The van der Waals surface area contributed by atoms with Crippen LogP contribution < -0.4 is 0 Å². The summed E-state index contributed by atoms with van der Waals surface area (Å²) >= 11 is 7.31. The highest BCUT2D eigenvalue weighted by atomic mass is 35.5. The third-order valence-electron chi connectivity index (χ3n) is 3.21. The fourth-order valence-electron chi connectivity index (χ4n) is 2.29. The molecule has 1 aromatic carbocycles. The van der Waals surface area contributed by atoms with Gasteiger partial charge < -0.3 is 4.57 Å². The molecule has 22 heavy (non-hydrogen) atoms. The molecule has 0 fully saturated rings. The Hall–Kier alpha value is -2.60. The lowest BCUT2D eigenvalue weighted by molar-refractivity contribution is 0.848. The minimum absolute atomic E-state index is 0.0868. The normalized spacial score (nSPS) is 10.1. The molecule has 0 saturated heterocycles. The van der Waals surface area contributed by atoms with E-state index in [1.54, 1.807) is 12.3 Å². The number of fused-ring (bicyclic) bond motifs is 1. The number of benzene rings is 1. The van der Waals surface area contributed by atoms with Crippen LogP contribution in [-0.2, 0) is 6.54 Å². The van der Waals surface area contributed by atoms with Crippen molar-refractivity contribution in [2.75, 3.05) is 0 Å². The second kappa shape index (κ2) is 6.03. The lowest BCUT2D eigenvalue weighted by Crippen LogP contribution is -1.95. The molecule has 0 saturated carbocycles. The average molecular weight is 325 g/mol. The summed E-state index contributed by atoms with van der Waals surface area (Å²) in [7, 11) is 0. The maximum Gasteiger partial charge on any atom is 0.183 e. The predicted octanol–water partition coefficient (Wildman–Crippen LogP) is 4.23. The number of aromatic nitrogens is 2. The van der Waals surface area contributed by atoms with Crippen LogP contribution in [0.2, 0.25) is 4.47 Å². The number of nitrogens with zero attached hydrogens (tertiary/aromatic N) is 4. The molecule has 0 spiro atoms. The number of rotatable bonds is 3. The zero-order valence-corrected chi connectivity index (χ0v) is 12.9. The van der Waals surface area contributed by atoms with Crippen LogP contribution in [0.1, 0.15) is 10.4 Å². The second-order valence-corrected chi connectivity index (χ2v) is 6.29. The van der Waals surface area contributed by atoms with Crippen molar-refractivity contribution in [3.8, 4) is 12.1 Å². The van der Waals surface area contributed by atoms with Gasteiger partial charge in [-0.3, -0.25) is 0 Å². The molecule has 0 aliphatic rings. The molecule has 0 N–H and O–H groups in total. The number of para-hydroxylation sites is 1. The number of hydrogen-bond acceptors (Lipinski definition) is 4. The van der Waals surface area contributed by atoms with Crippen LogP contribution in [0.4, 0.5) is 0 Å². The lowest BCUT2D eigenvalue weighted by atomic mass is 10.1. The lowest BCUT2D eigenvalue weighted by Gasteiger charge is -2.01. The van der Waals surface area contributed by atoms with Gasteiger partial charge in [0.25, 0.3) is 0 Å². The molecule has 0 bridgehead atoms. The number of halogens is 1. The molecule has 0 unspecified atom stereocenters. The first-order valence-electron chi connectivity index (χ1n) is 6.41. The molecule has 106 valence electrons. The van der Waals surface area contributed by atoms with E-state index in [2.05, 4.69) is 9.55 Å². The summed E-state index contributed by atoms with van der Waals surface area (Å²) < 4.78 is 2.58. The Kier molecular flexibility index (Phi) is 3.93.